The van der Waals surface area contributed by atoms with E-state index >= 15 is 0 Å². The number of furan rings is 1. The van der Waals surface area contributed by atoms with Crippen molar-refractivity contribution < 1.29 is 9.21 Å². The van der Waals surface area contributed by atoms with Crippen molar-refractivity contribution in [2.45, 2.75) is 33.2 Å². The fourth-order valence-electron chi connectivity index (χ4n) is 2.66. The molecule has 0 fully saturated rings. The molecule has 0 saturated carbocycles. The maximum Gasteiger partial charge on any atom is 0.255 e. The van der Waals surface area contributed by atoms with Crippen LogP contribution in [-0.2, 0) is 13.0 Å². The molecule has 0 radical (unpaired) electrons. The smallest absolute Gasteiger partial charge is 0.255 e. The summed E-state index contributed by atoms with van der Waals surface area (Å²) in [5.41, 5.74) is 2.55. The molecule has 0 bridgehead atoms. The lowest BCUT2D eigenvalue weighted by atomic mass is 10.1. The van der Waals surface area contributed by atoms with Crippen LogP contribution < -0.4 is 5.32 Å². The van der Waals surface area contributed by atoms with Crippen molar-refractivity contribution >= 4 is 16.9 Å². The highest BCUT2D eigenvalue weighted by Gasteiger charge is 2.13. The van der Waals surface area contributed by atoms with Crippen molar-refractivity contribution in [2.75, 3.05) is 6.54 Å². The van der Waals surface area contributed by atoms with Crippen molar-refractivity contribution in [1.29, 1.82) is 0 Å². The maximum atomic E-state index is 12.4. The van der Waals surface area contributed by atoms with Gasteiger partial charge in [0.05, 0.1) is 5.56 Å². The standard InChI is InChI=1S/C18H21N3O2/c1-3-14-5-6-17-15(11-14)16(12-23-17)18(22)20-7-4-9-21-10-8-19-13(21)2/h5-6,8,10-12H,3-4,7,9H2,1-2H3,(H,20,22). The van der Waals surface area contributed by atoms with Gasteiger partial charge in [-0.2, -0.15) is 0 Å². The third kappa shape index (κ3) is 3.28. The van der Waals surface area contributed by atoms with E-state index in [2.05, 4.69) is 21.8 Å². The molecule has 0 spiro atoms. The number of rotatable bonds is 6. The summed E-state index contributed by atoms with van der Waals surface area (Å²) in [6, 6.07) is 5.98. The molecule has 0 atom stereocenters. The Hall–Kier alpha value is -2.56. The van der Waals surface area contributed by atoms with Gasteiger partial charge in [-0.05, 0) is 37.5 Å². The summed E-state index contributed by atoms with van der Waals surface area (Å²) in [4.78, 5) is 16.5. The van der Waals surface area contributed by atoms with Crippen LogP contribution in [0.2, 0.25) is 0 Å². The van der Waals surface area contributed by atoms with Gasteiger partial charge in [0.25, 0.3) is 5.91 Å². The third-order valence-electron chi connectivity index (χ3n) is 4.08. The molecule has 1 aromatic carbocycles. The minimum atomic E-state index is -0.0839. The van der Waals surface area contributed by atoms with Crippen LogP contribution in [0.1, 0.15) is 35.1 Å². The predicted octanol–water partition coefficient (Wildman–Crippen LogP) is 3.32. The first kappa shape index (κ1) is 15.3. The van der Waals surface area contributed by atoms with Crippen molar-refractivity contribution in [2.24, 2.45) is 0 Å². The molecular formula is C18H21N3O2. The molecule has 1 N–H and O–H groups in total. The van der Waals surface area contributed by atoms with Crippen molar-refractivity contribution in [1.82, 2.24) is 14.9 Å². The molecule has 5 nitrogen and oxygen atoms in total. The van der Waals surface area contributed by atoms with Gasteiger partial charge >= 0.3 is 0 Å². The summed E-state index contributed by atoms with van der Waals surface area (Å²) in [7, 11) is 0. The number of fused-ring (bicyclic) bond motifs is 1. The Bertz CT molecular complexity index is 817. The SMILES string of the molecule is CCc1ccc2occ(C(=O)NCCCn3ccnc3C)c2c1. The van der Waals surface area contributed by atoms with Crippen molar-refractivity contribution in [3.05, 3.63) is 53.8 Å². The highest BCUT2D eigenvalue weighted by molar-refractivity contribution is 6.06. The summed E-state index contributed by atoms with van der Waals surface area (Å²) in [6.45, 7) is 5.54. The van der Waals surface area contributed by atoms with Gasteiger partial charge in [0.1, 0.15) is 17.7 Å². The Kier molecular flexibility index (Phi) is 4.46. The largest absolute Gasteiger partial charge is 0.463 e. The Labute approximate surface area is 135 Å². The first-order valence-corrected chi connectivity index (χ1v) is 7.95. The number of nitrogens with zero attached hydrogens (tertiary/aromatic N) is 2. The van der Waals surface area contributed by atoms with E-state index in [-0.39, 0.29) is 5.91 Å². The fraction of sp³-hybridized carbons (Fsp3) is 0.333. The highest BCUT2D eigenvalue weighted by Crippen LogP contribution is 2.22. The minimum Gasteiger partial charge on any atom is -0.463 e. The monoisotopic (exact) mass is 311 g/mol. The number of carbonyl (C=O) groups is 1. The van der Waals surface area contributed by atoms with E-state index < -0.39 is 0 Å². The van der Waals surface area contributed by atoms with E-state index in [1.54, 1.807) is 12.5 Å². The number of aryl methyl sites for hydroxylation is 3. The number of hydrogen-bond acceptors (Lipinski definition) is 3. The molecule has 0 unspecified atom stereocenters. The van der Waals surface area contributed by atoms with E-state index in [1.165, 1.54) is 5.56 Å². The number of carbonyl (C=O) groups excluding carboxylic acids is 1. The van der Waals surface area contributed by atoms with Gasteiger partial charge in [-0.3, -0.25) is 4.79 Å². The summed E-state index contributed by atoms with van der Waals surface area (Å²) in [5, 5.41) is 3.85. The Morgan fingerprint density at radius 2 is 2.26 bits per heavy atom. The van der Waals surface area contributed by atoms with Gasteiger partial charge < -0.3 is 14.3 Å². The highest BCUT2D eigenvalue weighted by atomic mass is 16.3. The molecule has 3 rings (SSSR count). The van der Waals surface area contributed by atoms with Crippen LogP contribution in [0.3, 0.4) is 0 Å². The molecule has 1 amide bonds. The fourth-order valence-corrected chi connectivity index (χ4v) is 2.66. The quantitative estimate of drug-likeness (QED) is 0.710. The van der Waals surface area contributed by atoms with E-state index in [0.717, 1.165) is 36.2 Å². The molecule has 5 heteroatoms. The van der Waals surface area contributed by atoms with Crippen LogP contribution in [0, 0.1) is 6.92 Å². The Balaban J connectivity index is 1.61. The number of benzene rings is 1. The number of hydrogen-bond donors (Lipinski definition) is 1. The van der Waals surface area contributed by atoms with E-state index in [1.807, 2.05) is 31.3 Å². The molecule has 2 heterocycles. The van der Waals surface area contributed by atoms with Gasteiger partial charge in [-0.25, -0.2) is 4.98 Å². The van der Waals surface area contributed by atoms with E-state index in [0.29, 0.717) is 12.1 Å². The average Bonchev–Trinajstić information content (AvgIpc) is 3.16. The zero-order valence-electron chi connectivity index (χ0n) is 13.5. The first-order valence-electron chi connectivity index (χ1n) is 7.95. The normalized spacial score (nSPS) is 11.0. The molecule has 0 aliphatic rings. The zero-order chi connectivity index (χ0) is 16.2. The Morgan fingerprint density at radius 3 is 3.00 bits per heavy atom. The molecule has 120 valence electrons. The second-order valence-electron chi connectivity index (χ2n) is 5.61. The molecule has 0 saturated heterocycles. The van der Waals surface area contributed by atoms with Gasteiger partial charge in [0.2, 0.25) is 0 Å². The second kappa shape index (κ2) is 6.69. The molecule has 2 aromatic heterocycles. The van der Waals surface area contributed by atoms with Crippen LogP contribution in [0.15, 0.2) is 41.3 Å². The van der Waals surface area contributed by atoms with Crippen LogP contribution in [0.5, 0.6) is 0 Å². The molecular weight excluding hydrogens is 290 g/mol. The summed E-state index contributed by atoms with van der Waals surface area (Å²) in [5.74, 6) is 0.906. The van der Waals surface area contributed by atoms with Gasteiger partial charge in [0, 0.05) is 30.9 Å². The minimum absolute atomic E-state index is 0.0839. The number of nitrogens with one attached hydrogen (secondary N) is 1. The van der Waals surface area contributed by atoms with Gasteiger partial charge in [-0.1, -0.05) is 13.0 Å². The average molecular weight is 311 g/mol. The summed E-state index contributed by atoms with van der Waals surface area (Å²) >= 11 is 0. The lowest BCUT2D eigenvalue weighted by Gasteiger charge is -2.06. The lowest BCUT2D eigenvalue weighted by molar-refractivity contribution is 0.0953. The first-order chi connectivity index (χ1) is 11.2. The topological polar surface area (TPSA) is 60.1 Å². The number of imidazole rings is 1. The number of aromatic nitrogens is 2. The van der Waals surface area contributed by atoms with E-state index in [4.69, 9.17) is 4.42 Å². The molecule has 0 aliphatic heterocycles. The zero-order valence-corrected chi connectivity index (χ0v) is 13.5. The van der Waals surface area contributed by atoms with Crippen LogP contribution in [-0.4, -0.2) is 22.0 Å². The molecule has 23 heavy (non-hydrogen) atoms. The number of amides is 1. The van der Waals surface area contributed by atoms with Crippen molar-refractivity contribution in [3.8, 4) is 0 Å². The van der Waals surface area contributed by atoms with Gasteiger partial charge in [-0.15, -0.1) is 0 Å². The molecule has 3 aromatic rings. The van der Waals surface area contributed by atoms with Crippen LogP contribution >= 0.6 is 0 Å². The third-order valence-corrected chi connectivity index (χ3v) is 4.08. The molecule has 0 aliphatic carbocycles. The van der Waals surface area contributed by atoms with Crippen LogP contribution in [0.25, 0.3) is 11.0 Å². The Morgan fingerprint density at radius 1 is 1.39 bits per heavy atom. The lowest BCUT2D eigenvalue weighted by Crippen LogP contribution is -2.25. The van der Waals surface area contributed by atoms with E-state index in [9.17, 15) is 4.79 Å². The van der Waals surface area contributed by atoms with Crippen LogP contribution in [0.4, 0.5) is 0 Å². The predicted molar refractivity (Wildman–Crippen MR) is 89.5 cm³/mol. The summed E-state index contributed by atoms with van der Waals surface area (Å²) in [6.07, 6.45) is 7.08. The van der Waals surface area contributed by atoms with Gasteiger partial charge in [0.15, 0.2) is 0 Å². The second-order valence-corrected chi connectivity index (χ2v) is 5.61. The summed E-state index contributed by atoms with van der Waals surface area (Å²) < 4.78 is 7.55. The van der Waals surface area contributed by atoms with Crippen molar-refractivity contribution in [3.63, 3.8) is 0 Å². The maximum absolute atomic E-state index is 12.4.